The van der Waals surface area contributed by atoms with Crippen LogP contribution in [0.5, 0.6) is 5.75 Å². The molecular weight excluding hydrogens is 331 g/mol. The lowest BCUT2D eigenvalue weighted by atomic mass is 10.0. The van der Waals surface area contributed by atoms with E-state index < -0.39 is 0 Å². The fourth-order valence-corrected chi connectivity index (χ4v) is 2.96. The molecule has 1 aromatic carbocycles. The van der Waals surface area contributed by atoms with Crippen LogP contribution in [-0.4, -0.2) is 43.1 Å². The zero-order valence-electron chi connectivity index (χ0n) is 14.3. The van der Waals surface area contributed by atoms with E-state index in [1.807, 2.05) is 0 Å². The standard InChI is InChI=1S/C18H27FN2O2.ClH/c1-2-13-21(16-9-11-20-12-10-16)18(22)4-3-14-23-17-7-5-15(19)6-8-17;/h5-8,16,20H,2-4,9-14H2,1H3;1H. The number of nitrogens with one attached hydrogen (secondary N) is 1. The van der Waals surface area contributed by atoms with Gasteiger partial charge < -0.3 is 15.0 Å². The van der Waals surface area contributed by atoms with Crippen LogP contribution < -0.4 is 10.1 Å². The molecule has 0 aromatic heterocycles. The molecule has 24 heavy (non-hydrogen) atoms. The molecule has 1 aliphatic rings. The van der Waals surface area contributed by atoms with Crippen molar-refractivity contribution in [3.05, 3.63) is 30.1 Å². The average Bonchev–Trinajstić information content (AvgIpc) is 2.58. The number of amides is 1. The van der Waals surface area contributed by atoms with Crippen LogP contribution in [0, 0.1) is 5.82 Å². The number of carbonyl (C=O) groups is 1. The molecule has 1 aliphatic heterocycles. The molecule has 4 nitrogen and oxygen atoms in total. The molecule has 0 bridgehead atoms. The Morgan fingerprint density at radius 1 is 1.29 bits per heavy atom. The van der Waals surface area contributed by atoms with Crippen LogP contribution in [0.2, 0.25) is 0 Å². The Labute approximate surface area is 150 Å². The summed E-state index contributed by atoms with van der Waals surface area (Å²) in [6.07, 6.45) is 4.25. The zero-order chi connectivity index (χ0) is 16.5. The Hall–Kier alpha value is -1.33. The number of hydrogen-bond donors (Lipinski definition) is 1. The van der Waals surface area contributed by atoms with E-state index in [9.17, 15) is 9.18 Å². The first-order chi connectivity index (χ1) is 11.2. The molecule has 0 unspecified atom stereocenters. The molecule has 0 aliphatic carbocycles. The third-order valence-corrected chi connectivity index (χ3v) is 4.15. The Kier molecular flexibility index (Phi) is 9.72. The second-order valence-corrected chi connectivity index (χ2v) is 5.97. The van der Waals surface area contributed by atoms with E-state index in [0.717, 1.165) is 38.9 Å². The van der Waals surface area contributed by atoms with E-state index in [1.165, 1.54) is 12.1 Å². The van der Waals surface area contributed by atoms with E-state index in [2.05, 4.69) is 17.1 Å². The van der Waals surface area contributed by atoms with Gasteiger partial charge in [0.05, 0.1) is 6.61 Å². The Morgan fingerprint density at radius 3 is 2.58 bits per heavy atom. The molecule has 0 radical (unpaired) electrons. The summed E-state index contributed by atoms with van der Waals surface area (Å²) in [5.41, 5.74) is 0. The van der Waals surface area contributed by atoms with Crippen molar-refractivity contribution in [2.45, 2.75) is 45.1 Å². The van der Waals surface area contributed by atoms with Crippen LogP contribution >= 0.6 is 12.4 Å². The predicted octanol–water partition coefficient (Wildman–Crippen LogP) is 3.40. The number of carbonyl (C=O) groups excluding carboxylic acids is 1. The van der Waals surface area contributed by atoms with Gasteiger partial charge in [0.25, 0.3) is 0 Å². The lowest BCUT2D eigenvalue weighted by Crippen LogP contribution is -2.46. The summed E-state index contributed by atoms with van der Waals surface area (Å²) in [4.78, 5) is 14.5. The van der Waals surface area contributed by atoms with Crippen molar-refractivity contribution < 1.29 is 13.9 Å². The highest BCUT2D eigenvalue weighted by Crippen LogP contribution is 2.15. The van der Waals surface area contributed by atoms with Gasteiger partial charge in [-0.25, -0.2) is 4.39 Å². The van der Waals surface area contributed by atoms with Crippen LogP contribution in [0.3, 0.4) is 0 Å². The number of nitrogens with zero attached hydrogens (tertiary/aromatic N) is 1. The molecular formula is C18H28ClFN2O2. The number of benzene rings is 1. The summed E-state index contributed by atoms with van der Waals surface area (Å²) < 4.78 is 18.4. The molecule has 1 heterocycles. The van der Waals surface area contributed by atoms with Crippen molar-refractivity contribution in [1.82, 2.24) is 10.2 Å². The molecule has 136 valence electrons. The van der Waals surface area contributed by atoms with E-state index in [0.29, 0.717) is 31.2 Å². The first-order valence-electron chi connectivity index (χ1n) is 8.59. The van der Waals surface area contributed by atoms with Gasteiger partial charge in [-0.15, -0.1) is 12.4 Å². The largest absolute Gasteiger partial charge is 0.494 e. The topological polar surface area (TPSA) is 41.6 Å². The molecule has 0 spiro atoms. The lowest BCUT2D eigenvalue weighted by molar-refractivity contribution is -0.134. The molecule has 2 rings (SSSR count). The number of halogens is 2. The van der Waals surface area contributed by atoms with E-state index >= 15 is 0 Å². The Bertz CT molecular complexity index is 478. The quantitative estimate of drug-likeness (QED) is 0.724. The molecule has 6 heteroatoms. The van der Waals surface area contributed by atoms with Crippen molar-refractivity contribution in [2.75, 3.05) is 26.2 Å². The molecule has 1 saturated heterocycles. The highest BCUT2D eigenvalue weighted by molar-refractivity contribution is 5.85. The molecule has 1 aromatic rings. The highest BCUT2D eigenvalue weighted by Gasteiger charge is 2.24. The minimum atomic E-state index is -0.273. The number of ether oxygens (including phenoxy) is 1. The molecule has 0 atom stereocenters. The van der Waals surface area contributed by atoms with Gasteiger partial charge in [-0.05, 0) is 63.0 Å². The van der Waals surface area contributed by atoms with E-state index in [-0.39, 0.29) is 24.1 Å². The van der Waals surface area contributed by atoms with Crippen molar-refractivity contribution >= 4 is 18.3 Å². The summed E-state index contributed by atoms with van der Waals surface area (Å²) in [5, 5.41) is 3.34. The maximum Gasteiger partial charge on any atom is 0.222 e. The number of rotatable bonds is 8. The number of piperidine rings is 1. The maximum atomic E-state index is 12.8. The summed E-state index contributed by atoms with van der Waals surface area (Å²) in [7, 11) is 0. The third kappa shape index (κ3) is 6.65. The van der Waals surface area contributed by atoms with Gasteiger partial charge in [0, 0.05) is 19.0 Å². The van der Waals surface area contributed by atoms with Crippen LogP contribution in [0.1, 0.15) is 39.0 Å². The van der Waals surface area contributed by atoms with Crippen molar-refractivity contribution in [1.29, 1.82) is 0 Å². The van der Waals surface area contributed by atoms with Crippen LogP contribution in [0.4, 0.5) is 4.39 Å². The molecule has 1 N–H and O–H groups in total. The van der Waals surface area contributed by atoms with Crippen molar-refractivity contribution in [3.63, 3.8) is 0 Å². The number of hydrogen-bond acceptors (Lipinski definition) is 3. The second kappa shape index (κ2) is 11.3. The van der Waals surface area contributed by atoms with Gasteiger partial charge in [-0.3, -0.25) is 4.79 Å². The average molecular weight is 359 g/mol. The van der Waals surface area contributed by atoms with Gasteiger partial charge in [0.2, 0.25) is 5.91 Å². The molecule has 0 saturated carbocycles. The highest BCUT2D eigenvalue weighted by atomic mass is 35.5. The van der Waals surface area contributed by atoms with Gasteiger partial charge in [0.1, 0.15) is 11.6 Å². The normalized spacial score (nSPS) is 14.8. The fraction of sp³-hybridized carbons (Fsp3) is 0.611. The second-order valence-electron chi connectivity index (χ2n) is 5.97. The zero-order valence-corrected chi connectivity index (χ0v) is 15.1. The Morgan fingerprint density at radius 2 is 1.96 bits per heavy atom. The van der Waals surface area contributed by atoms with Gasteiger partial charge >= 0.3 is 0 Å². The minimum absolute atomic E-state index is 0. The van der Waals surface area contributed by atoms with Gasteiger partial charge in [-0.2, -0.15) is 0 Å². The van der Waals surface area contributed by atoms with Gasteiger partial charge in [-0.1, -0.05) is 6.92 Å². The van der Waals surface area contributed by atoms with Crippen LogP contribution in [0.15, 0.2) is 24.3 Å². The summed E-state index contributed by atoms with van der Waals surface area (Å²) >= 11 is 0. The van der Waals surface area contributed by atoms with E-state index in [4.69, 9.17) is 4.74 Å². The maximum absolute atomic E-state index is 12.8. The lowest BCUT2D eigenvalue weighted by Gasteiger charge is -2.34. The monoisotopic (exact) mass is 358 g/mol. The summed E-state index contributed by atoms with van der Waals surface area (Å²) in [6, 6.07) is 6.34. The molecule has 1 amide bonds. The molecule has 1 fully saturated rings. The Balaban J connectivity index is 0.00000288. The summed E-state index contributed by atoms with van der Waals surface area (Å²) in [6.45, 7) is 5.41. The first-order valence-corrected chi connectivity index (χ1v) is 8.59. The van der Waals surface area contributed by atoms with E-state index in [1.54, 1.807) is 12.1 Å². The van der Waals surface area contributed by atoms with Crippen LogP contribution in [-0.2, 0) is 4.79 Å². The SMILES string of the molecule is CCCN(C(=O)CCCOc1ccc(F)cc1)C1CCNCC1.Cl. The van der Waals surface area contributed by atoms with Crippen molar-refractivity contribution in [3.8, 4) is 5.75 Å². The van der Waals surface area contributed by atoms with Gasteiger partial charge in [0.15, 0.2) is 0 Å². The first kappa shape index (κ1) is 20.7. The predicted molar refractivity (Wildman–Crippen MR) is 96.3 cm³/mol. The fourth-order valence-electron chi connectivity index (χ4n) is 2.96. The van der Waals surface area contributed by atoms with Crippen molar-refractivity contribution in [2.24, 2.45) is 0 Å². The van der Waals surface area contributed by atoms with Crippen LogP contribution in [0.25, 0.3) is 0 Å². The third-order valence-electron chi connectivity index (χ3n) is 4.15. The summed E-state index contributed by atoms with van der Waals surface area (Å²) in [5.74, 6) is 0.591. The minimum Gasteiger partial charge on any atom is -0.494 e. The smallest absolute Gasteiger partial charge is 0.222 e.